The van der Waals surface area contributed by atoms with E-state index in [1.54, 1.807) is 19.1 Å². The van der Waals surface area contributed by atoms with Crippen LogP contribution >= 0.6 is 0 Å². The lowest BCUT2D eigenvalue weighted by atomic mass is 9.86. The third-order valence-corrected chi connectivity index (χ3v) is 4.64. The molecule has 0 N–H and O–H groups in total. The highest BCUT2D eigenvalue weighted by Gasteiger charge is 2.28. The van der Waals surface area contributed by atoms with Gasteiger partial charge in [-0.2, -0.15) is 0 Å². The summed E-state index contributed by atoms with van der Waals surface area (Å²) in [6, 6.07) is 5.67. The van der Waals surface area contributed by atoms with Crippen molar-refractivity contribution in [3.63, 3.8) is 0 Å². The first-order valence-electron chi connectivity index (χ1n) is 8.10. The molecule has 1 heterocycles. The Hall–Kier alpha value is -1.75. The van der Waals surface area contributed by atoms with Crippen molar-refractivity contribution in [2.24, 2.45) is 11.8 Å². The third kappa shape index (κ3) is 4.38. The van der Waals surface area contributed by atoms with E-state index in [1.807, 2.05) is 32.2 Å². The van der Waals surface area contributed by atoms with Gasteiger partial charge < -0.3 is 19.1 Å². The molecule has 0 spiro atoms. The minimum Gasteiger partial charge on any atom is -0.497 e. The molecule has 1 aliphatic rings. The summed E-state index contributed by atoms with van der Waals surface area (Å²) in [6.07, 6.45) is 1.93. The first-order chi connectivity index (χ1) is 11.1. The summed E-state index contributed by atoms with van der Waals surface area (Å²) in [5.74, 6) is 2.09. The highest BCUT2D eigenvalue weighted by Crippen LogP contribution is 2.28. The standard InChI is InChI=1S/C18H27NO4/c1-13(14-7-9-23-10-8-14)18(20)19(2)12-15-5-6-16(21-3)11-17(15)22-4/h5-6,11,13-14H,7-10,12H2,1-4H3/t13-/m0/s1. The van der Waals surface area contributed by atoms with Gasteiger partial charge in [-0.05, 0) is 30.9 Å². The van der Waals surface area contributed by atoms with Crippen molar-refractivity contribution in [2.75, 3.05) is 34.5 Å². The van der Waals surface area contributed by atoms with Gasteiger partial charge in [-0.1, -0.05) is 6.92 Å². The molecule has 0 unspecified atom stereocenters. The lowest BCUT2D eigenvalue weighted by Gasteiger charge is -2.30. The monoisotopic (exact) mass is 321 g/mol. The van der Waals surface area contributed by atoms with Crippen LogP contribution in [0.4, 0.5) is 0 Å². The highest BCUT2D eigenvalue weighted by atomic mass is 16.5. The Balaban J connectivity index is 2.02. The van der Waals surface area contributed by atoms with Crippen molar-refractivity contribution in [2.45, 2.75) is 26.3 Å². The number of methoxy groups -OCH3 is 2. The van der Waals surface area contributed by atoms with Crippen molar-refractivity contribution in [3.05, 3.63) is 23.8 Å². The Morgan fingerprint density at radius 3 is 2.61 bits per heavy atom. The SMILES string of the molecule is COc1ccc(CN(C)C(=O)[C@@H](C)C2CCOCC2)c(OC)c1. The predicted molar refractivity (Wildman–Crippen MR) is 88.7 cm³/mol. The molecule has 1 amide bonds. The van der Waals surface area contributed by atoms with Gasteiger partial charge in [-0.25, -0.2) is 0 Å². The number of carbonyl (C=O) groups is 1. The van der Waals surface area contributed by atoms with E-state index in [-0.39, 0.29) is 11.8 Å². The third-order valence-electron chi connectivity index (χ3n) is 4.64. The van der Waals surface area contributed by atoms with Crippen LogP contribution in [-0.4, -0.2) is 45.3 Å². The van der Waals surface area contributed by atoms with Crippen LogP contribution in [0.15, 0.2) is 18.2 Å². The van der Waals surface area contributed by atoms with Gasteiger partial charge in [0.05, 0.1) is 14.2 Å². The van der Waals surface area contributed by atoms with E-state index in [4.69, 9.17) is 14.2 Å². The zero-order valence-corrected chi connectivity index (χ0v) is 14.5. The topological polar surface area (TPSA) is 48.0 Å². The molecule has 0 saturated carbocycles. The predicted octanol–water partition coefficient (Wildman–Crippen LogP) is 2.72. The van der Waals surface area contributed by atoms with Crippen LogP contribution in [0.5, 0.6) is 11.5 Å². The Bertz CT molecular complexity index is 526. The summed E-state index contributed by atoms with van der Waals surface area (Å²) in [5, 5.41) is 0. The summed E-state index contributed by atoms with van der Waals surface area (Å²) in [6.45, 7) is 4.08. The van der Waals surface area contributed by atoms with Crippen molar-refractivity contribution >= 4 is 5.91 Å². The number of ether oxygens (including phenoxy) is 3. The molecule has 0 bridgehead atoms. The lowest BCUT2D eigenvalue weighted by molar-refractivity contribution is -0.137. The molecule has 1 saturated heterocycles. The molecule has 5 heteroatoms. The lowest BCUT2D eigenvalue weighted by Crippen LogP contribution is -2.36. The fourth-order valence-electron chi connectivity index (χ4n) is 3.08. The number of rotatable bonds is 6. The Morgan fingerprint density at radius 1 is 1.30 bits per heavy atom. The fraction of sp³-hybridized carbons (Fsp3) is 0.611. The number of hydrogen-bond acceptors (Lipinski definition) is 4. The maximum absolute atomic E-state index is 12.7. The van der Waals surface area contributed by atoms with Crippen LogP contribution in [0.3, 0.4) is 0 Å². The molecule has 1 atom stereocenters. The first-order valence-corrected chi connectivity index (χ1v) is 8.10. The zero-order valence-electron chi connectivity index (χ0n) is 14.5. The summed E-state index contributed by atoms with van der Waals surface area (Å²) < 4.78 is 16.0. The smallest absolute Gasteiger partial charge is 0.225 e. The van der Waals surface area contributed by atoms with E-state index in [2.05, 4.69) is 0 Å². The summed E-state index contributed by atoms with van der Waals surface area (Å²) >= 11 is 0. The molecule has 1 aliphatic heterocycles. The molecular weight excluding hydrogens is 294 g/mol. The minimum absolute atomic E-state index is 0.0214. The van der Waals surface area contributed by atoms with Gasteiger partial charge in [0.15, 0.2) is 0 Å². The van der Waals surface area contributed by atoms with Gasteiger partial charge in [0.2, 0.25) is 5.91 Å². The number of amides is 1. The molecule has 128 valence electrons. The molecule has 0 radical (unpaired) electrons. The number of hydrogen-bond donors (Lipinski definition) is 0. The van der Waals surface area contributed by atoms with Gasteiger partial charge in [-0.3, -0.25) is 4.79 Å². The molecule has 23 heavy (non-hydrogen) atoms. The van der Waals surface area contributed by atoms with E-state index in [0.717, 1.165) is 43.1 Å². The van der Waals surface area contributed by atoms with Crippen molar-refractivity contribution in [3.8, 4) is 11.5 Å². The van der Waals surface area contributed by atoms with Gasteiger partial charge >= 0.3 is 0 Å². The second-order valence-corrected chi connectivity index (χ2v) is 6.11. The number of nitrogens with zero attached hydrogens (tertiary/aromatic N) is 1. The van der Waals surface area contributed by atoms with Gasteiger partial charge in [0, 0.05) is 44.4 Å². The van der Waals surface area contributed by atoms with Crippen molar-refractivity contribution in [1.29, 1.82) is 0 Å². The molecule has 1 aromatic carbocycles. The van der Waals surface area contributed by atoms with E-state index < -0.39 is 0 Å². The van der Waals surface area contributed by atoms with Crippen LogP contribution in [-0.2, 0) is 16.1 Å². The molecule has 0 aliphatic carbocycles. The van der Waals surface area contributed by atoms with Crippen LogP contribution in [0.1, 0.15) is 25.3 Å². The first kappa shape index (κ1) is 17.6. The zero-order chi connectivity index (χ0) is 16.8. The molecule has 1 aromatic rings. The molecule has 1 fully saturated rings. The summed E-state index contributed by atoms with van der Waals surface area (Å²) in [7, 11) is 5.10. The Morgan fingerprint density at radius 2 is 2.00 bits per heavy atom. The van der Waals surface area contributed by atoms with Crippen LogP contribution in [0.2, 0.25) is 0 Å². The Kier molecular flexibility index (Phi) is 6.28. The van der Waals surface area contributed by atoms with E-state index in [1.165, 1.54) is 0 Å². The fourth-order valence-corrected chi connectivity index (χ4v) is 3.08. The van der Waals surface area contributed by atoms with Crippen LogP contribution in [0, 0.1) is 11.8 Å². The molecular formula is C18H27NO4. The van der Waals surface area contributed by atoms with Crippen molar-refractivity contribution < 1.29 is 19.0 Å². The molecule has 2 rings (SSSR count). The maximum atomic E-state index is 12.7. The quantitative estimate of drug-likeness (QED) is 0.808. The second-order valence-electron chi connectivity index (χ2n) is 6.11. The van der Waals surface area contributed by atoms with Gasteiger partial charge in [-0.15, -0.1) is 0 Å². The summed E-state index contributed by atoms with van der Waals surface area (Å²) in [4.78, 5) is 14.5. The average Bonchev–Trinajstić information content (AvgIpc) is 2.61. The molecule has 0 aromatic heterocycles. The highest BCUT2D eigenvalue weighted by molar-refractivity contribution is 5.78. The normalized spacial score (nSPS) is 16.7. The minimum atomic E-state index is 0.0214. The Labute approximate surface area is 138 Å². The second kappa shape index (κ2) is 8.20. The van der Waals surface area contributed by atoms with E-state index in [0.29, 0.717) is 12.5 Å². The maximum Gasteiger partial charge on any atom is 0.225 e. The summed E-state index contributed by atoms with van der Waals surface area (Å²) in [5.41, 5.74) is 0.975. The molecule has 5 nitrogen and oxygen atoms in total. The van der Waals surface area contributed by atoms with E-state index in [9.17, 15) is 4.79 Å². The van der Waals surface area contributed by atoms with Crippen LogP contribution in [0.25, 0.3) is 0 Å². The average molecular weight is 321 g/mol. The number of carbonyl (C=O) groups excluding carboxylic acids is 1. The largest absolute Gasteiger partial charge is 0.497 e. The van der Waals surface area contributed by atoms with Gasteiger partial charge in [0.25, 0.3) is 0 Å². The van der Waals surface area contributed by atoms with Gasteiger partial charge in [0.1, 0.15) is 11.5 Å². The van der Waals surface area contributed by atoms with E-state index >= 15 is 0 Å². The van der Waals surface area contributed by atoms with Crippen LogP contribution < -0.4 is 9.47 Å². The number of benzene rings is 1. The van der Waals surface area contributed by atoms with Crippen molar-refractivity contribution in [1.82, 2.24) is 4.90 Å².